The Morgan fingerprint density at radius 1 is 1.09 bits per heavy atom. The van der Waals surface area contributed by atoms with Gasteiger partial charge in [-0.05, 0) is 42.0 Å². The standard InChI is InChI=1S/C23H18ClN7O2/c1-33-15-8-6-14(7-9-15)13-31-19(22-25-16-4-2-3-5-17(16)26-22)12-21(30-31)27-23(32)18-10-11-20(24)29-28-18/h2-12H,13H2,1H3,(H,25,26)(H,27,30,32). The summed E-state index contributed by atoms with van der Waals surface area (Å²) in [4.78, 5) is 20.6. The summed E-state index contributed by atoms with van der Waals surface area (Å²) in [5, 5.41) is 15.1. The van der Waals surface area contributed by atoms with E-state index < -0.39 is 5.91 Å². The summed E-state index contributed by atoms with van der Waals surface area (Å²) in [6.45, 7) is 0.465. The highest BCUT2D eigenvalue weighted by Gasteiger charge is 2.17. The van der Waals surface area contributed by atoms with E-state index in [1.165, 1.54) is 12.1 Å². The number of hydrogen-bond acceptors (Lipinski definition) is 6. The zero-order chi connectivity index (χ0) is 22.8. The first-order valence-corrected chi connectivity index (χ1v) is 10.4. The van der Waals surface area contributed by atoms with Gasteiger partial charge in [0.05, 0.1) is 24.7 Å². The van der Waals surface area contributed by atoms with Crippen LogP contribution in [0.5, 0.6) is 5.75 Å². The Bertz CT molecular complexity index is 1390. The third-order valence-electron chi connectivity index (χ3n) is 5.01. The minimum absolute atomic E-state index is 0.134. The molecule has 0 aliphatic heterocycles. The maximum absolute atomic E-state index is 12.6. The van der Waals surface area contributed by atoms with Gasteiger partial charge in [0.2, 0.25) is 0 Å². The first kappa shape index (κ1) is 20.7. The van der Waals surface area contributed by atoms with Gasteiger partial charge in [-0.15, -0.1) is 10.2 Å². The van der Waals surface area contributed by atoms with Gasteiger partial charge in [0.25, 0.3) is 5.91 Å². The first-order chi connectivity index (χ1) is 16.1. The molecule has 0 aliphatic rings. The number of amides is 1. The molecule has 2 N–H and O–H groups in total. The molecule has 1 amide bonds. The summed E-state index contributed by atoms with van der Waals surface area (Å²) in [6, 6.07) is 20.2. The maximum Gasteiger partial charge on any atom is 0.277 e. The fraction of sp³-hybridized carbons (Fsp3) is 0.0870. The van der Waals surface area contributed by atoms with Crippen LogP contribution in [0.3, 0.4) is 0 Å². The number of imidazole rings is 1. The van der Waals surface area contributed by atoms with Crippen molar-refractivity contribution < 1.29 is 9.53 Å². The predicted octanol–water partition coefficient (Wildman–Crippen LogP) is 4.18. The molecule has 0 aliphatic carbocycles. The minimum atomic E-state index is -0.440. The van der Waals surface area contributed by atoms with Crippen LogP contribution in [0, 0.1) is 0 Å². The van der Waals surface area contributed by atoms with Gasteiger partial charge in [0.15, 0.2) is 22.5 Å². The largest absolute Gasteiger partial charge is 0.497 e. The van der Waals surface area contributed by atoms with E-state index in [2.05, 4.69) is 30.6 Å². The van der Waals surface area contributed by atoms with Crippen molar-refractivity contribution in [3.8, 4) is 17.3 Å². The molecule has 2 aromatic carbocycles. The Labute approximate surface area is 193 Å². The molecule has 33 heavy (non-hydrogen) atoms. The number of methoxy groups -OCH3 is 1. The van der Waals surface area contributed by atoms with Gasteiger partial charge >= 0.3 is 0 Å². The first-order valence-electron chi connectivity index (χ1n) is 10.1. The second-order valence-corrected chi connectivity index (χ2v) is 7.61. The number of halogens is 1. The van der Waals surface area contributed by atoms with Crippen LogP contribution in [-0.2, 0) is 6.54 Å². The molecule has 0 saturated heterocycles. The summed E-state index contributed by atoms with van der Waals surface area (Å²) in [5.74, 6) is 1.34. The highest BCUT2D eigenvalue weighted by atomic mass is 35.5. The molecule has 5 aromatic rings. The molecular weight excluding hydrogens is 442 g/mol. The van der Waals surface area contributed by atoms with Gasteiger partial charge in [0.1, 0.15) is 11.4 Å². The third kappa shape index (κ3) is 4.39. The molecule has 0 bridgehead atoms. The fourth-order valence-electron chi connectivity index (χ4n) is 3.38. The van der Waals surface area contributed by atoms with Gasteiger partial charge in [-0.1, -0.05) is 35.9 Å². The average Bonchev–Trinajstić information content (AvgIpc) is 3.43. The number of H-pyrrole nitrogens is 1. The fourth-order valence-corrected chi connectivity index (χ4v) is 3.49. The van der Waals surface area contributed by atoms with Crippen molar-refractivity contribution in [3.63, 3.8) is 0 Å². The number of ether oxygens (including phenoxy) is 1. The van der Waals surface area contributed by atoms with Crippen LogP contribution in [0.25, 0.3) is 22.6 Å². The van der Waals surface area contributed by atoms with Gasteiger partial charge in [-0.25, -0.2) is 4.98 Å². The summed E-state index contributed by atoms with van der Waals surface area (Å²) in [5.41, 5.74) is 3.62. The molecule has 9 nitrogen and oxygen atoms in total. The Morgan fingerprint density at radius 2 is 1.91 bits per heavy atom. The molecule has 3 heterocycles. The topological polar surface area (TPSA) is 111 Å². The van der Waals surface area contributed by atoms with Crippen molar-refractivity contribution in [3.05, 3.63) is 83.1 Å². The van der Waals surface area contributed by atoms with Crippen LogP contribution < -0.4 is 10.1 Å². The van der Waals surface area contributed by atoms with E-state index in [0.29, 0.717) is 18.2 Å². The van der Waals surface area contributed by atoms with Crippen molar-refractivity contribution in [2.24, 2.45) is 0 Å². The Hall–Kier alpha value is -4.24. The second kappa shape index (κ2) is 8.71. The molecule has 0 atom stereocenters. The monoisotopic (exact) mass is 459 g/mol. The van der Waals surface area contributed by atoms with Crippen LogP contribution in [0.2, 0.25) is 5.15 Å². The zero-order valence-corrected chi connectivity index (χ0v) is 18.2. The van der Waals surface area contributed by atoms with Gasteiger partial charge in [-0.2, -0.15) is 5.10 Å². The zero-order valence-electron chi connectivity index (χ0n) is 17.5. The van der Waals surface area contributed by atoms with E-state index >= 15 is 0 Å². The molecule has 0 fully saturated rings. The smallest absolute Gasteiger partial charge is 0.277 e. The third-order valence-corrected chi connectivity index (χ3v) is 5.21. The van der Waals surface area contributed by atoms with Crippen LogP contribution in [0.15, 0.2) is 66.7 Å². The molecule has 10 heteroatoms. The quantitative estimate of drug-likeness (QED) is 0.394. The average molecular weight is 460 g/mol. The number of nitrogens with one attached hydrogen (secondary N) is 2. The summed E-state index contributed by atoms with van der Waals surface area (Å²) >= 11 is 5.76. The van der Waals surface area contributed by atoms with E-state index in [-0.39, 0.29) is 10.8 Å². The van der Waals surface area contributed by atoms with Crippen molar-refractivity contribution >= 4 is 34.4 Å². The Kier molecular flexibility index (Phi) is 5.45. The van der Waals surface area contributed by atoms with E-state index in [4.69, 9.17) is 16.3 Å². The van der Waals surface area contributed by atoms with Crippen molar-refractivity contribution in [1.29, 1.82) is 0 Å². The lowest BCUT2D eigenvalue weighted by atomic mass is 10.2. The number of rotatable bonds is 6. The van der Waals surface area contributed by atoms with E-state index in [1.54, 1.807) is 17.9 Å². The maximum atomic E-state index is 12.6. The molecule has 0 saturated carbocycles. The lowest BCUT2D eigenvalue weighted by Crippen LogP contribution is -2.15. The number of para-hydroxylation sites is 2. The highest BCUT2D eigenvalue weighted by Crippen LogP contribution is 2.25. The molecular formula is C23H18ClN7O2. The van der Waals surface area contributed by atoms with Crippen LogP contribution in [-0.4, -0.2) is 43.0 Å². The number of carbonyl (C=O) groups is 1. The Morgan fingerprint density at radius 3 is 2.64 bits per heavy atom. The van der Waals surface area contributed by atoms with Crippen LogP contribution >= 0.6 is 11.6 Å². The second-order valence-electron chi connectivity index (χ2n) is 7.22. The van der Waals surface area contributed by atoms with E-state index in [9.17, 15) is 4.79 Å². The molecule has 3 aromatic heterocycles. The Balaban J connectivity index is 1.50. The van der Waals surface area contributed by atoms with Gasteiger partial charge < -0.3 is 15.0 Å². The predicted molar refractivity (Wildman–Crippen MR) is 124 cm³/mol. The molecule has 0 unspecified atom stereocenters. The van der Waals surface area contributed by atoms with Crippen molar-refractivity contribution in [2.45, 2.75) is 6.54 Å². The lowest BCUT2D eigenvalue weighted by molar-refractivity contribution is 0.102. The van der Waals surface area contributed by atoms with E-state index in [0.717, 1.165) is 28.0 Å². The molecule has 5 rings (SSSR count). The number of fused-ring (bicyclic) bond motifs is 1. The molecule has 164 valence electrons. The molecule has 0 spiro atoms. The SMILES string of the molecule is COc1ccc(Cn2nc(NC(=O)c3ccc(Cl)nn3)cc2-c2nc3ccccc3[nH]2)cc1. The van der Waals surface area contributed by atoms with Crippen LogP contribution in [0.4, 0.5) is 5.82 Å². The lowest BCUT2D eigenvalue weighted by Gasteiger charge is -2.07. The van der Waals surface area contributed by atoms with Gasteiger partial charge in [0, 0.05) is 6.07 Å². The molecule has 0 radical (unpaired) electrons. The summed E-state index contributed by atoms with van der Waals surface area (Å²) in [7, 11) is 1.63. The summed E-state index contributed by atoms with van der Waals surface area (Å²) in [6.07, 6.45) is 0. The number of anilines is 1. The number of aromatic amines is 1. The number of aromatic nitrogens is 6. The number of hydrogen-bond donors (Lipinski definition) is 2. The minimum Gasteiger partial charge on any atom is -0.497 e. The number of benzene rings is 2. The van der Waals surface area contributed by atoms with Crippen LogP contribution in [0.1, 0.15) is 16.1 Å². The summed E-state index contributed by atoms with van der Waals surface area (Å²) < 4.78 is 7.02. The number of nitrogens with zero attached hydrogens (tertiary/aromatic N) is 5. The van der Waals surface area contributed by atoms with Gasteiger partial charge in [-0.3, -0.25) is 9.48 Å². The normalized spacial score (nSPS) is 11.0. The van der Waals surface area contributed by atoms with Crippen molar-refractivity contribution in [2.75, 3.05) is 12.4 Å². The highest BCUT2D eigenvalue weighted by molar-refractivity contribution is 6.29. The number of carbonyl (C=O) groups excluding carboxylic acids is 1. The van der Waals surface area contributed by atoms with E-state index in [1.807, 2.05) is 48.5 Å². The van der Waals surface area contributed by atoms with Crippen molar-refractivity contribution in [1.82, 2.24) is 29.9 Å².